The second kappa shape index (κ2) is 6.89. The van der Waals surface area contributed by atoms with E-state index in [-0.39, 0.29) is 12.0 Å². The lowest BCUT2D eigenvalue weighted by Gasteiger charge is -2.10. The highest BCUT2D eigenvalue weighted by molar-refractivity contribution is 5.75. The van der Waals surface area contributed by atoms with Crippen molar-refractivity contribution in [2.24, 2.45) is 5.92 Å². The SMILES string of the molecule is CNC(C)C(=O)OCCCC(C)C. The average Bonchev–Trinajstić information content (AvgIpc) is 2.10. The largest absolute Gasteiger partial charge is 0.465 e. The number of carbonyl (C=O) groups is 1. The van der Waals surface area contributed by atoms with Gasteiger partial charge in [-0.15, -0.1) is 0 Å². The molecule has 0 saturated heterocycles. The number of hydrogen-bond donors (Lipinski definition) is 1. The van der Waals surface area contributed by atoms with E-state index in [1.807, 2.05) is 0 Å². The smallest absolute Gasteiger partial charge is 0.322 e. The molecule has 0 spiro atoms. The predicted molar refractivity (Wildman–Crippen MR) is 53.6 cm³/mol. The number of likely N-dealkylation sites (N-methyl/N-ethyl adjacent to an activating group) is 1. The van der Waals surface area contributed by atoms with Crippen LogP contribution < -0.4 is 5.32 Å². The highest BCUT2D eigenvalue weighted by atomic mass is 16.5. The monoisotopic (exact) mass is 187 g/mol. The first-order valence-electron chi connectivity index (χ1n) is 4.91. The minimum Gasteiger partial charge on any atom is -0.465 e. The summed E-state index contributed by atoms with van der Waals surface area (Å²) in [6, 6.07) is -0.195. The Morgan fingerprint density at radius 3 is 2.46 bits per heavy atom. The lowest BCUT2D eigenvalue weighted by atomic mass is 10.1. The number of hydrogen-bond acceptors (Lipinski definition) is 3. The molecule has 0 rings (SSSR count). The molecule has 1 unspecified atom stereocenters. The van der Waals surface area contributed by atoms with Crippen molar-refractivity contribution in [3.8, 4) is 0 Å². The minimum atomic E-state index is -0.195. The zero-order valence-corrected chi connectivity index (χ0v) is 9.09. The summed E-state index contributed by atoms with van der Waals surface area (Å²) in [6.07, 6.45) is 2.07. The molecule has 0 aromatic rings. The number of esters is 1. The van der Waals surface area contributed by atoms with E-state index in [1.54, 1.807) is 14.0 Å². The molecule has 0 amide bonds. The van der Waals surface area contributed by atoms with Crippen LogP contribution in [0.2, 0.25) is 0 Å². The van der Waals surface area contributed by atoms with E-state index in [0.29, 0.717) is 12.5 Å². The molecule has 0 aliphatic rings. The summed E-state index contributed by atoms with van der Waals surface area (Å²) >= 11 is 0. The van der Waals surface area contributed by atoms with Gasteiger partial charge in [0.1, 0.15) is 6.04 Å². The number of carbonyl (C=O) groups excluding carboxylic acids is 1. The second-order valence-electron chi connectivity index (χ2n) is 3.71. The van der Waals surface area contributed by atoms with Gasteiger partial charge in [0.15, 0.2) is 0 Å². The van der Waals surface area contributed by atoms with Gasteiger partial charge in [-0.1, -0.05) is 13.8 Å². The molecule has 1 N–H and O–H groups in total. The molecule has 3 heteroatoms. The molecule has 13 heavy (non-hydrogen) atoms. The van der Waals surface area contributed by atoms with E-state index in [0.717, 1.165) is 12.8 Å². The van der Waals surface area contributed by atoms with Gasteiger partial charge in [-0.25, -0.2) is 0 Å². The molecule has 0 aliphatic carbocycles. The molecule has 0 fully saturated rings. The molecule has 0 radical (unpaired) electrons. The Kier molecular flexibility index (Phi) is 6.59. The molecule has 78 valence electrons. The van der Waals surface area contributed by atoms with Crippen LogP contribution in [0.25, 0.3) is 0 Å². The molecular weight excluding hydrogens is 166 g/mol. The van der Waals surface area contributed by atoms with Crippen LogP contribution in [0.4, 0.5) is 0 Å². The molecule has 0 aromatic heterocycles. The topological polar surface area (TPSA) is 38.3 Å². The van der Waals surface area contributed by atoms with E-state index < -0.39 is 0 Å². The van der Waals surface area contributed by atoms with Crippen LogP contribution in [0.15, 0.2) is 0 Å². The van der Waals surface area contributed by atoms with Gasteiger partial charge in [-0.2, -0.15) is 0 Å². The van der Waals surface area contributed by atoms with Gasteiger partial charge in [0.25, 0.3) is 0 Å². The second-order valence-corrected chi connectivity index (χ2v) is 3.71. The van der Waals surface area contributed by atoms with Gasteiger partial charge >= 0.3 is 5.97 Å². The summed E-state index contributed by atoms with van der Waals surface area (Å²) in [4.78, 5) is 11.1. The summed E-state index contributed by atoms with van der Waals surface area (Å²) in [5.74, 6) is 0.520. The Morgan fingerprint density at radius 2 is 2.00 bits per heavy atom. The highest BCUT2D eigenvalue weighted by Crippen LogP contribution is 2.03. The van der Waals surface area contributed by atoms with Crippen LogP contribution in [0, 0.1) is 5.92 Å². The van der Waals surface area contributed by atoms with Crippen molar-refractivity contribution in [2.75, 3.05) is 13.7 Å². The summed E-state index contributed by atoms with van der Waals surface area (Å²) in [7, 11) is 1.75. The van der Waals surface area contributed by atoms with Gasteiger partial charge in [-0.3, -0.25) is 4.79 Å². The first kappa shape index (κ1) is 12.4. The fourth-order valence-corrected chi connectivity index (χ4v) is 0.907. The highest BCUT2D eigenvalue weighted by Gasteiger charge is 2.10. The number of rotatable bonds is 6. The number of ether oxygens (including phenoxy) is 1. The Labute approximate surface area is 80.8 Å². The van der Waals surface area contributed by atoms with Crippen molar-refractivity contribution in [2.45, 2.75) is 39.7 Å². The molecular formula is C10H21NO2. The Morgan fingerprint density at radius 1 is 1.38 bits per heavy atom. The van der Waals surface area contributed by atoms with Crippen LogP contribution >= 0.6 is 0 Å². The van der Waals surface area contributed by atoms with E-state index in [1.165, 1.54) is 0 Å². The van der Waals surface area contributed by atoms with Crippen LogP contribution in [0.3, 0.4) is 0 Å². The molecule has 0 saturated carbocycles. The quantitative estimate of drug-likeness (QED) is 0.507. The minimum absolute atomic E-state index is 0.161. The third kappa shape index (κ3) is 6.58. The zero-order valence-electron chi connectivity index (χ0n) is 9.09. The summed E-state index contributed by atoms with van der Waals surface area (Å²) in [5.41, 5.74) is 0. The van der Waals surface area contributed by atoms with Crippen molar-refractivity contribution < 1.29 is 9.53 Å². The van der Waals surface area contributed by atoms with Crippen LogP contribution in [0.1, 0.15) is 33.6 Å². The zero-order chi connectivity index (χ0) is 10.3. The third-order valence-corrected chi connectivity index (χ3v) is 1.96. The van der Waals surface area contributed by atoms with Crippen LogP contribution in [-0.4, -0.2) is 25.7 Å². The predicted octanol–water partition coefficient (Wildman–Crippen LogP) is 1.57. The molecule has 0 aliphatic heterocycles. The average molecular weight is 187 g/mol. The summed E-state index contributed by atoms with van der Waals surface area (Å²) in [6.45, 7) is 6.67. The van der Waals surface area contributed by atoms with Gasteiger partial charge in [0.05, 0.1) is 6.61 Å². The maximum absolute atomic E-state index is 11.1. The van der Waals surface area contributed by atoms with Crippen LogP contribution in [0.5, 0.6) is 0 Å². The molecule has 1 atom stereocenters. The molecule has 0 heterocycles. The summed E-state index contributed by atoms with van der Waals surface area (Å²) in [5, 5.41) is 2.84. The van der Waals surface area contributed by atoms with Crippen molar-refractivity contribution in [1.29, 1.82) is 0 Å². The lowest BCUT2D eigenvalue weighted by Crippen LogP contribution is -2.32. The van der Waals surface area contributed by atoms with Gasteiger partial charge in [-0.05, 0) is 32.7 Å². The van der Waals surface area contributed by atoms with Gasteiger partial charge in [0.2, 0.25) is 0 Å². The molecule has 0 aromatic carbocycles. The third-order valence-electron chi connectivity index (χ3n) is 1.96. The maximum Gasteiger partial charge on any atom is 0.322 e. The van der Waals surface area contributed by atoms with E-state index in [9.17, 15) is 4.79 Å². The fraction of sp³-hybridized carbons (Fsp3) is 0.900. The number of nitrogens with one attached hydrogen (secondary N) is 1. The maximum atomic E-state index is 11.1. The summed E-state index contributed by atoms with van der Waals surface area (Å²) < 4.78 is 5.04. The van der Waals surface area contributed by atoms with E-state index >= 15 is 0 Å². The Balaban J connectivity index is 3.37. The molecule has 0 bridgehead atoms. The standard InChI is InChI=1S/C10H21NO2/c1-8(2)6-5-7-13-10(12)9(3)11-4/h8-9,11H,5-7H2,1-4H3. The van der Waals surface area contributed by atoms with Crippen molar-refractivity contribution in [3.05, 3.63) is 0 Å². The van der Waals surface area contributed by atoms with E-state index in [4.69, 9.17) is 4.74 Å². The van der Waals surface area contributed by atoms with Gasteiger partial charge < -0.3 is 10.1 Å². The Hall–Kier alpha value is -0.570. The fourth-order valence-electron chi connectivity index (χ4n) is 0.907. The van der Waals surface area contributed by atoms with Crippen molar-refractivity contribution in [3.63, 3.8) is 0 Å². The first-order chi connectivity index (χ1) is 6.07. The lowest BCUT2D eigenvalue weighted by molar-refractivity contribution is -0.145. The van der Waals surface area contributed by atoms with Crippen molar-refractivity contribution >= 4 is 5.97 Å². The normalized spacial score (nSPS) is 13.0. The molecule has 3 nitrogen and oxygen atoms in total. The Bertz CT molecular complexity index is 146. The van der Waals surface area contributed by atoms with Crippen LogP contribution in [-0.2, 0) is 9.53 Å². The van der Waals surface area contributed by atoms with E-state index in [2.05, 4.69) is 19.2 Å². The first-order valence-corrected chi connectivity index (χ1v) is 4.91. The van der Waals surface area contributed by atoms with Gasteiger partial charge in [0, 0.05) is 0 Å². The van der Waals surface area contributed by atoms with Crippen molar-refractivity contribution in [1.82, 2.24) is 5.32 Å².